The molecule has 0 bridgehead atoms. The Labute approximate surface area is 234 Å². The Kier molecular flexibility index (Phi) is 8.28. The van der Waals surface area contributed by atoms with E-state index in [1.807, 2.05) is 31.2 Å². The van der Waals surface area contributed by atoms with Crippen LogP contribution < -0.4 is 19.7 Å². The average molecular weight is 644 g/mol. The Bertz CT molecular complexity index is 1450. The van der Waals surface area contributed by atoms with Gasteiger partial charge < -0.3 is 14.6 Å². The fourth-order valence-electron chi connectivity index (χ4n) is 3.62. The SMILES string of the molecule is CCOc1cc(/C=C2\C(=O)NC(=O)N(c3ccc(C(=O)O)cc3)C2=O)cc(Br)c1OCc1ccc(Br)cc1. The first-order chi connectivity index (χ1) is 18.2. The predicted molar refractivity (Wildman–Crippen MR) is 146 cm³/mol. The molecule has 0 radical (unpaired) electrons. The standard InChI is InChI=1S/C27H20Br2N2O7/c1-2-37-22-13-16(12-21(29)23(22)38-14-15-3-7-18(28)8-4-15)11-20-24(32)30-27(36)31(25(20)33)19-9-5-17(6-10-19)26(34)35/h3-13H,2,14H2,1H3,(H,34,35)(H,30,32,36)/b20-11+. The fourth-order valence-corrected chi connectivity index (χ4v) is 4.46. The van der Waals surface area contributed by atoms with Gasteiger partial charge in [0.15, 0.2) is 11.5 Å². The van der Waals surface area contributed by atoms with Crippen molar-refractivity contribution in [3.8, 4) is 11.5 Å². The smallest absolute Gasteiger partial charge is 0.335 e. The number of hydrogen-bond acceptors (Lipinski definition) is 6. The summed E-state index contributed by atoms with van der Waals surface area (Å²) in [5.74, 6) is -2.02. The summed E-state index contributed by atoms with van der Waals surface area (Å²) in [4.78, 5) is 50.2. The van der Waals surface area contributed by atoms with Crippen LogP contribution in [0, 0.1) is 0 Å². The molecular weight excluding hydrogens is 624 g/mol. The maximum absolute atomic E-state index is 13.2. The summed E-state index contributed by atoms with van der Waals surface area (Å²) in [5, 5.41) is 11.2. The van der Waals surface area contributed by atoms with Gasteiger partial charge in [-0.2, -0.15) is 0 Å². The van der Waals surface area contributed by atoms with E-state index in [2.05, 4.69) is 37.2 Å². The summed E-state index contributed by atoms with van der Waals surface area (Å²) >= 11 is 6.89. The number of halogens is 2. The first-order valence-electron chi connectivity index (χ1n) is 11.3. The van der Waals surface area contributed by atoms with E-state index in [4.69, 9.17) is 14.6 Å². The minimum Gasteiger partial charge on any atom is -0.490 e. The lowest BCUT2D eigenvalue weighted by Crippen LogP contribution is -2.54. The van der Waals surface area contributed by atoms with Crippen molar-refractivity contribution in [2.24, 2.45) is 0 Å². The number of imide groups is 2. The number of carbonyl (C=O) groups excluding carboxylic acids is 3. The highest BCUT2D eigenvalue weighted by molar-refractivity contribution is 9.10. The molecule has 0 aliphatic carbocycles. The number of barbiturate groups is 1. The third-order valence-electron chi connectivity index (χ3n) is 5.41. The third-order valence-corrected chi connectivity index (χ3v) is 6.53. The molecule has 1 aliphatic rings. The number of amides is 4. The predicted octanol–water partition coefficient (Wildman–Crippen LogP) is 5.55. The van der Waals surface area contributed by atoms with Crippen LogP contribution in [0.15, 0.2) is 75.2 Å². The van der Waals surface area contributed by atoms with E-state index in [-0.39, 0.29) is 23.4 Å². The highest BCUT2D eigenvalue weighted by Gasteiger charge is 2.37. The summed E-state index contributed by atoms with van der Waals surface area (Å²) in [6, 6.07) is 15.2. The van der Waals surface area contributed by atoms with Crippen LogP contribution in [-0.4, -0.2) is 35.5 Å². The summed E-state index contributed by atoms with van der Waals surface area (Å²) in [7, 11) is 0. The van der Waals surface area contributed by atoms with Gasteiger partial charge in [0.25, 0.3) is 11.8 Å². The Morgan fingerprint density at radius 1 is 1.00 bits per heavy atom. The van der Waals surface area contributed by atoms with E-state index in [0.29, 0.717) is 28.1 Å². The Morgan fingerprint density at radius 2 is 1.68 bits per heavy atom. The minimum atomic E-state index is -1.15. The third kappa shape index (κ3) is 5.95. The maximum Gasteiger partial charge on any atom is 0.335 e. The number of carboxylic acids is 1. The van der Waals surface area contributed by atoms with Crippen molar-refractivity contribution in [2.45, 2.75) is 13.5 Å². The second kappa shape index (κ2) is 11.6. The molecule has 0 atom stereocenters. The summed E-state index contributed by atoms with van der Waals surface area (Å²) in [6.45, 7) is 2.44. The Balaban J connectivity index is 1.64. The number of carboxylic acid groups (broad SMARTS) is 1. The lowest BCUT2D eigenvalue weighted by atomic mass is 10.1. The lowest BCUT2D eigenvalue weighted by molar-refractivity contribution is -0.122. The van der Waals surface area contributed by atoms with E-state index in [1.54, 1.807) is 12.1 Å². The molecular formula is C27H20Br2N2O7. The van der Waals surface area contributed by atoms with E-state index in [1.165, 1.54) is 30.3 Å². The number of rotatable bonds is 8. The highest BCUT2D eigenvalue weighted by atomic mass is 79.9. The van der Waals surface area contributed by atoms with E-state index in [9.17, 15) is 19.2 Å². The van der Waals surface area contributed by atoms with Gasteiger partial charge in [0.1, 0.15) is 12.2 Å². The molecule has 1 heterocycles. The molecule has 9 nitrogen and oxygen atoms in total. The largest absolute Gasteiger partial charge is 0.490 e. The molecule has 0 spiro atoms. The van der Waals surface area contributed by atoms with Gasteiger partial charge in [-0.25, -0.2) is 14.5 Å². The number of urea groups is 1. The molecule has 2 N–H and O–H groups in total. The van der Waals surface area contributed by atoms with Crippen LogP contribution in [0.25, 0.3) is 6.08 Å². The Morgan fingerprint density at radius 3 is 2.32 bits per heavy atom. The molecule has 1 aliphatic heterocycles. The van der Waals surface area contributed by atoms with Crippen LogP contribution in [0.5, 0.6) is 11.5 Å². The number of benzene rings is 3. The van der Waals surface area contributed by atoms with Crippen LogP contribution in [0.3, 0.4) is 0 Å². The van der Waals surface area contributed by atoms with Crippen molar-refractivity contribution in [1.82, 2.24) is 5.32 Å². The molecule has 194 valence electrons. The van der Waals surface area contributed by atoms with Crippen molar-refractivity contribution < 1.29 is 33.8 Å². The summed E-state index contributed by atoms with van der Waals surface area (Å²) in [6.07, 6.45) is 1.34. The number of carbonyl (C=O) groups is 4. The van der Waals surface area contributed by atoms with E-state index >= 15 is 0 Å². The minimum absolute atomic E-state index is 0.0128. The van der Waals surface area contributed by atoms with E-state index in [0.717, 1.165) is 14.9 Å². The lowest BCUT2D eigenvalue weighted by Gasteiger charge is -2.26. The normalized spacial score (nSPS) is 14.4. The van der Waals surface area contributed by atoms with E-state index < -0.39 is 23.8 Å². The van der Waals surface area contributed by atoms with Crippen LogP contribution >= 0.6 is 31.9 Å². The topological polar surface area (TPSA) is 122 Å². The van der Waals surface area contributed by atoms with Crippen LogP contribution in [0.4, 0.5) is 10.5 Å². The molecule has 1 saturated heterocycles. The van der Waals surface area contributed by atoms with Gasteiger partial charge in [0.2, 0.25) is 0 Å². The van der Waals surface area contributed by atoms with Crippen LogP contribution in [-0.2, 0) is 16.2 Å². The van der Waals surface area contributed by atoms with Gasteiger partial charge in [0.05, 0.1) is 22.3 Å². The van der Waals surface area contributed by atoms with Crippen molar-refractivity contribution in [2.75, 3.05) is 11.5 Å². The molecule has 4 amide bonds. The zero-order chi connectivity index (χ0) is 27.4. The Hall–Kier alpha value is -3.96. The van der Waals surface area contributed by atoms with Gasteiger partial charge in [-0.05, 0) is 88.6 Å². The van der Waals surface area contributed by atoms with Crippen molar-refractivity contribution >= 4 is 67.4 Å². The van der Waals surface area contributed by atoms with Gasteiger partial charge in [-0.3, -0.25) is 14.9 Å². The number of aromatic carboxylic acids is 1. The average Bonchev–Trinajstić information content (AvgIpc) is 2.87. The number of ether oxygens (including phenoxy) is 2. The van der Waals surface area contributed by atoms with Gasteiger partial charge in [-0.1, -0.05) is 28.1 Å². The summed E-state index contributed by atoms with van der Waals surface area (Å²) in [5.41, 5.74) is 1.21. The monoisotopic (exact) mass is 642 g/mol. The molecule has 0 unspecified atom stereocenters. The molecule has 3 aromatic rings. The zero-order valence-corrected chi connectivity index (χ0v) is 23.0. The van der Waals surface area contributed by atoms with Gasteiger partial charge in [-0.15, -0.1) is 0 Å². The second-order valence-corrected chi connectivity index (χ2v) is 9.76. The summed E-state index contributed by atoms with van der Waals surface area (Å²) < 4.78 is 13.2. The van der Waals surface area contributed by atoms with Crippen LogP contribution in [0.2, 0.25) is 0 Å². The molecule has 11 heteroatoms. The first-order valence-corrected chi connectivity index (χ1v) is 12.8. The number of hydrogen-bond donors (Lipinski definition) is 2. The molecule has 0 aromatic heterocycles. The van der Waals surface area contributed by atoms with Crippen molar-refractivity contribution in [3.63, 3.8) is 0 Å². The highest BCUT2D eigenvalue weighted by Crippen LogP contribution is 2.38. The second-order valence-electron chi connectivity index (χ2n) is 7.99. The van der Waals surface area contributed by atoms with Gasteiger partial charge in [0, 0.05) is 4.47 Å². The number of nitrogens with one attached hydrogen (secondary N) is 1. The number of nitrogens with zero attached hydrogens (tertiary/aromatic N) is 1. The maximum atomic E-state index is 13.2. The fraction of sp³-hybridized carbons (Fsp3) is 0.111. The molecule has 1 fully saturated rings. The molecule has 0 saturated carbocycles. The molecule has 38 heavy (non-hydrogen) atoms. The molecule has 4 rings (SSSR count). The van der Waals surface area contributed by atoms with Crippen molar-refractivity contribution in [3.05, 3.63) is 91.9 Å². The zero-order valence-electron chi connectivity index (χ0n) is 19.9. The molecule has 3 aromatic carbocycles. The quantitative estimate of drug-likeness (QED) is 0.244. The van der Waals surface area contributed by atoms with Gasteiger partial charge >= 0.3 is 12.0 Å². The van der Waals surface area contributed by atoms with Crippen LogP contribution in [0.1, 0.15) is 28.4 Å². The first kappa shape index (κ1) is 27.1. The number of anilines is 1. The van der Waals surface area contributed by atoms with Crippen molar-refractivity contribution in [1.29, 1.82) is 0 Å².